The van der Waals surface area contributed by atoms with Crippen LogP contribution in [0.3, 0.4) is 0 Å². The largest absolute Gasteiger partial charge is 0.381 e. The number of nitrogens with zero attached hydrogens (tertiary/aromatic N) is 2. The highest BCUT2D eigenvalue weighted by molar-refractivity contribution is 5.47. The lowest BCUT2D eigenvalue weighted by Gasteiger charge is -2.33. The SMILES string of the molecule is CC1(CNc2cc(NN)nc(C3CC3)n2)CCOCC1. The maximum atomic E-state index is 5.49. The summed E-state index contributed by atoms with van der Waals surface area (Å²) in [5.41, 5.74) is 2.90. The quantitative estimate of drug-likeness (QED) is 0.563. The van der Waals surface area contributed by atoms with Crippen LogP contribution in [0, 0.1) is 5.41 Å². The van der Waals surface area contributed by atoms with Gasteiger partial charge in [-0.05, 0) is 31.1 Å². The van der Waals surface area contributed by atoms with Crippen LogP contribution < -0.4 is 16.6 Å². The van der Waals surface area contributed by atoms with Crippen molar-refractivity contribution in [3.8, 4) is 0 Å². The first-order valence-corrected chi connectivity index (χ1v) is 7.36. The lowest BCUT2D eigenvalue weighted by atomic mass is 9.82. The van der Waals surface area contributed by atoms with E-state index in [-0.39, 0.29) is 5.41 Å². The molecule has 0 amide bonds. The van der Waals surface area contributed by atoms with E-state index in [2.05, 4.69) is 27.6 Å². The number of hydrogen-bond acceptors (Lipinski definition) is 6. The standard InChI is InChI=1S/C14H23N5O/c1-14(4-6-20-7-5-14)9-16-11-8-12(19-15)18-13(17-11)10-2-3-10/h8,10H,2-7,9,15H2,1H3,(H2,16,17,18,19). The fraction of sp³-hybridized carbons (Fsp3) is 0.714. The number of anilines is 2. The molecule has 6 heteroatoms. The van der Waals surface area contributed by atoms with Crippen LogP contribution in [0.15, 0.2) is 6.07 Å². The second-order valence-electron chi connectivity index (χ2n) is 6.19. The topological polar surface area (TPSA) is 85.1 Å². The average Bonchev–Trinajstić information content (AvgIpc) is 3.30. The molecule has 1 aromatic rings. The number of nitrogen functional groups attached to an aromatic ring is 1. The normalized spacial score (nSPS) is 21.5. The monoisotopic (exact) mass is 277 g/mol. The molecular formula is C14H23N5O. The van der Waals surface area contributed by atoms with E-state index in [4.69, 9.17) is 10.6 Å². The van der Waals surface area contributed by atoms with Crippen molar-refractivity contribution in [3.05, 3.63) is 11.9 Å². The summed E-state index contributed by atoms with van der Waals surface area (Å²) >= 11 is 0. The summed E-state index contributed by atoms with van der Waals surface area (Å²) in [5.74, 6) is 8.45. The van der Waals surface area contributed by atoms with Crippen molar-refractivity contribution in [2.24, 2.45) is 11.3 Å². The van der Waals surface area contributed by atoms with E-state index in [9.17, 15) is 0 Å². The molecule has 1 saturated carbocycles. The highest BCUT2D eigenvalue weighted by Gasteiger charge is 2.29. The molecule has 0 unspecified atom stereocenters. The molecule has 0 spiro atoms. The summed E-state index contributed by atoms with van der Waals surface area (Å²) < 4.78 is 5.43. The maximum Gasteiger partial charge on any atom is 0.145 e. The minimum absolute atomic E-state index is 0.277. The molecule has 1 saturated heterocycles. The van der Waals surface area contributed by atoms with Crippen LogP contribution >= 0.6 is 0 Å². The Labute approximate surface area is 119 Å². The van der Waals surface area contributed by atoms with Gasteiger partial charge in [-0.3, -0.25) is 0 Å². The second kappa shape index (κ2) is 5.54. The van der Waals surface area contributed by atoms with Gasteiger partial charge in [0, 0.05) is 31.7 Å². The number of nitrogens with one attached hydrogen (secondary N) is 2. The van der Waals surface area contributed by atoms with Gasteiger partial charge in [0.25, 0.3) is 0 Å². The molecule has 3 rings (SSSR count). The molecular weight excluding hydrogens is 254 g/mol. The van der Waals surface area contributed by atoms with Crippen molar-refractivity contribution in [2.45, 2.75) is 38.5 Å². The Kier molecular flexibility index (Phi) is 3.76. The third-order valence-electron chi connectivity index (χ3n) is 4.23. The number of aromatic nitrogens is 2. The summed E-state index contributed by atoms with van der Waals surface area (Å²) in [6.45, 7) is 4.91. The first-order valence-electron chi connectivity index (χ1n) is 7.36. The van der Waals surface area contributed by atoms with Gasteiger partial charge in [0.15, 0.2) is 0 Å². The zero-order valence-corrected chi connectivity index (χ0v) is 12.0. The smallest absolute Gasteiger partial charge is 0.145 e. The van der Waals surface area contributed by atoms with Gasteiger partial charge in [-0.1, -0.05) is 6.92 Å². The lowest BCUT2D eigenvalue weighted by molar-refractivity contribution is 0.0300. The first-order chi connectivity index (χ1) is 9.68. The number of ether oxygens (including phenoxy) is 1. The number of hydrazine groups is 1. The van der Waals surface area contributed by atoms with E-state index in [0.717, 1.165) is 44.2 Å². The van der Waals surface area contributed by atoms with Crippen LogP contribution in [-0.2, 0) is 4.74 Å². The van der Waals surface area contributed by atoms with Crippen LogP contribution in [0.2, 0.25) is 0 Å². The Bertz CT molecular complexity index is 469. The zero-order chi connectivity index (χ0) is 14.0. The van der Waals surface area contributed by atoms with Gasteiger partial charge in [0.1, 0.15) is 17.5 Å². The van der Waals surface area contributed by atoms with Gasteiger partial charge in [0.05, 0.1) is 0 Å². The van der Waals surface area contributed by atoms with E-state index in [1.54, 1.807) is 0 Å². The molecule has 6 nitrogen and oxygen atoms in total. The van der Waals surface area contributed by atoms with Crippen molar-refractivity contribution in [3.63, 3.8) is 0 Å². The summed E-state index contributed by atoms with van der Waals surface area (Å²) in [6.07, 6.45) is 4.54. The molecule has 2 heterocycles. The third-order valence-corrected chi connectivity index (χ3v) is 4.23. The van der Waals surface area contributed by atoms with Gasteiger partial charge in [-0.25, -0.2) is 15.8 Å². The summed E-state index contributed by atoms with van der Waals surface area (Å²) in [6, 6.07) is 1.87. The zero-order valence-electron chi connectivity index (χ0n) is 12.0. The Morgan fingerprint density at radius 1 is 1.30 bits per heavy atom. The van der Waals surface area contributed by atoms with E-state index in [1.165, 1.54) is 12.8 Å². The van der Waals surface area contributed by atoms with Gasteiger partial charge in [-0.2, -0.15) is 0 Å². The predicted octanol–water partition coefficient (Wildman–Crippen LogP) is 1.87. The fourth-order valence-electron chi connectivity index (χ4n) is 2.50. The van der Waals surface area contributed by atoms with Crippen LogP contribution in [-0.4, -0.2) is 29.7 Å². The molecule has 1 aliphatic heterocycles. The minimum atomic E-state index is 0.277. The van der Waals surface area contributed by atoms with Gasteiger partial charge < -0.3 is 15.5 Å². The average molecular weight is 277 g/mol. The van der Waals surface area contributed by atoms with Crippen LogP contribution in [0.4, 0.5) is 11.6 Å². The molecule has 0 atom stereocenters. The van der Waals surface area contributed by atoms with E-state index in [1.807, 2.05) is 6.07 Å². The number of hydrogen-bond donors (Lipinski definition) is 3. The van der Waals surface area contributed by atoms with Crippen LogP contribution in [0.5, 0.6) is 0 Å². The van der Waals surface area contributed by atoms with Gasteiger partial charge >= 0.3 is 0 Å². The molecule has 0 radical (unpaired) electrons. The van der Waals surface area contributed by atoms with E-state index in [0.29, 0.717) is 11.7 Å². The maximum absolute atomic E-state index is 5.49. The molecule has 2 aliphatic rings. The first kappa shape index (κ1) is 13.6. The second-order valence-corrected chi connectivity index (χ2v) is 6.19. The summed E-state index contributed by atoms with van der Waals surface area (Å²) in [4.78, 5) is 9.03. The highest BCUT2D eigenvalue weighted by Crippen LogP contribution is 2.39. The molecule has 2 fully saturated rings. The minimum Gasteiger partial charge on any atom is -0.381 e. The van der Waals surface area contributed by atoms with Gasteiger partial charge in [0.2, 0.25) is 0 Å². The Hall–Kier alpha value is -1.40. The van der Waals surface area contributed by atoms with Crippen molar-refractivity contribution in [1.29, 1.82) is 0 Å². The molecule has 110 valence electrons. The van der Waals surface area contributed by atoms with Crippen molar-refractivity contribution in [1.82, 2.24) is 9.97 Å². The third kappa shape index (κ3) is 3.19. The predicted molar refractivity (Wildman–Crippen MR) is 78.5 cm³/mol. The lowest BCUT2D eigenvalue weighted by Crippen LogP contribution is -2.33. The molecule has 1 aromatic heterocycles. The Morgan fingerprint density at radius 2 is 2.00 bits per heavy atom. The summed E-state index contributed by atoms with van der Waals surface area (Å²) in [5, 5.41) is 3.45. The number of nitrogens with two attached hydrogens (primary N) is 1. The Morgan fingerprint density at radius 3 is 2.65 bits per heavy atom. The summed E-state index contributed by atoms with van der Waals surface area (Å²) in [7, 11) is 0. The van der Waals surface area contributed by atoms with Crippen LogP contribution in [0.25, 0.3) is 0 Å². The molecule has 0 bridgehead atoms. The van der Waals surface area contributed by atoms with Gasteiger partial charge in [-0.15, -0.1) is 0 Å². The Balaban J connectivity index is 1.68. The number of rotatable bonds is 5. The molecule has 0 aromatic carbocycles. The van der Waals surface area contributed by atoms with Crippen molar-refractivity contribution >= 4 is 11.6 Å². The van der Waals surface area contributed by atoms with E-state index >= 15 is 0 Å². The fourth-order valence-corrected chi connectivity index (χ4v) is 2.50. The van der Waals surface area contributed by atoms with E-state index < -0.39 is 0 Å². The molecule has 20 heavy (non-hydrogen) atoms. The van der Waals surface area contributed by atoms with Crippen LogP contribution in [0.1, 0.15) is 44.3 Å². The van der Waals surface area contributed by atoms with Crippen molar-refractivity contribution in [2.75, 3.05) is 30.5 Å². The van der Waals surface area contributed by atoms with Crippen molar-refractivity contribution < 1.29 is 4.74 Å². The molecule has 4 N–H and O–H groups in total. The highest BCUT2D eigenvalue weighted by atomic mass is 16.5. The molecule has 1 aliphatic carbocycles.